The summed E-state index contributed by atoms with van der Waals surface area (Å²) >= 11 is 0. The molecule has 2 nitrogen and oxygen atoms in total. The Kier molecular flexibility index (Phi) is 2.46. The SMILES string of the molecule is NC1COC1(c1ccccc1)c1ccccc1. The van der Waals surface area contributed by atoms with Crippen molar-refractivity contribution >= 4 is 0 Å². The van der Waals surface area contributed by atoms with Gasteiger partial charge in [-0.15, -0.1) is 0 Å². The van der Waals surface area contributed by atoms with Crippen molar-refractivity contribution in [3.05, 3.63) is 71.8 Å². The first kappa shape index (κ1) is 10.5. The van der Waals surface area contributed by atoms with Gasteiger partial charge in [0, 0.05) is 0 Å². The van der Waals surface area contributed by atoms with Crippen molar-refractivity contribution in [1.82, 2.24) is 0 Å². The van der Waals surface area contributed by atoms with Crippen LogP contribution in [-0.4, -0.2) is 12.6 Å². The van der Waals surface area contributed by atoms with E-state index in [0.717, 1.165) is 11.1 Å². The van der Waals surface area contributed by atoms with Crippen molar-refractivity contribution < 1.29 is 4.74 Å². The van der Waals surface area contributed by atoms with Gasteiger partial charge in [0.1, 0.15) is 5.60 Å². The van der Waals surface area contributed by atoms with E-state index >= 15 is 0 Å². The van der Waals surface area contributed by atoms with Crippen LogP contribution in [0, 0.1) is 0 Å². The van der Waals surface area contributed by atoms with Crippen molar-refractivity contribution in [3.63, 3.8) is 0 Å². The van der Waals surface area contributed by atoms with E-state index in [1.807, 2.05) is 36.4 Å². The second kappa shape index (κ2) is 3.99. The first-order chi connectivity index (χ1) is 8.34. The van der Waals surface area contributed by atoms with Crippen LogP contribution >= 0.6 is 0 Å². The zero-order valence-corrected chi connectivity index (χ0v) is 9.54. The van der Waals surface area contributed by atoms with Crippen molar-refractivity contribution in [3.8, 4) is 0 Å². The van der Waals surface area contributed by atoms with E-state index < -0.39 is 5.60 Å². The molecule has 86 valence electrons. The smallest absolute Gasteiger partial charge is 0.135 e. The summed E-state index contributed by atoms with van der Waals surface area (Å²) in [5.41, 5.74) is 8.00. The first-order valence-electron chi connectivity index (χ1n) is 5.84. The lowest BCUT2D eigenvalue weighted by atomic mass is 9.77. The Morgan fingerprint density at radius 1 is 0.882 bits per heavy atom. The Morgan fingerprint density at radius 3 is 1.65 bits per heavy atom. The molecular formula is C15H15NO. The molecule has 1 fully saturated rings. The van der Waals surface area contributed by atoms with Crippen LogP contribution in [0.5, 0.6) is 0 Å². The molecule has 17 heavy (non-hydrogen) atoms. The van der Waals surface area contributed by atoms with E-state index in [-0.39, 0.29) is 6.04 Å². The molecule has 3 rings (SSSR count). The van der Waals surface area contributed by atoms with Crippen molar-refractivity contribution in [2.45, 2.75) is 11.6 Å². The van der Waals surface area contributed by atoms with Crippen LogP contribution < -0.4 is 5.73 Å². The molecule has 0 bridgehead atoms. The van der Waals surface area contributed by atoms with Crippen molar-refractivity contribution in [1.29, 1.82) is 0 Å². The number of nitrogens with two attached hydrogens (primary N) is 1. The zero-order chi connectivity index (χ0) is 11.7. The average Bonchev–Trinajstić information content (AvgIpc) is 2.40. The van der Waals surface area contributed by atoms with Crippen LogP contribution in [0.15, 0.2) is 60.7 Å². The molecule has 2 N–H and O–H groups in total. The van der Waals surface area contributed by atoms with E-state index in [2.05, 4.69) is 24.3 Å². The lowest BCUT2D eigenvalue weighted by Crippen LogP contribution is -2.60. The summed E-state index contributed by atoms with van der Waals surface area (Å²) in [6, 6.07) is 20.4. The van der Waals surface area contributed by atoms with Gasteiger partial charge in [-0.05, 0) is 11.1 Å². The van der Waals surface area contributed by atoms with Crippen molar-refractivity contribution in [2.75, 3.05) is 6.61 Å². The number of rotatable bonds is 2. The highest BCUT2D eigenvalue weighted by Crippen LogP contribution is 2.42. The highest BCUT2D eigenvalue weighted by molar-refractivity contribution is 5.40. The Hall–Kier alpha value is -1.64. The van der Waals surface area contributed by atoms with Gasteiger partial charge in [0.2, 0.25) is 0 Å². The topological polar surface area (TPSA) is 35.2 Å². The number of hydrogen-bond acceptors (Lipinski definition) is 2. The van der Waals surface area contributed by atoms with Crippen LogP contribution in [-0.2, 0) is 10.3 Å². The molecule has 2 heteroatoms. The monoisotopic (exact) mass is 225 g/mol. The predicted octanol–water partition coefficient (Wildman–Crippen LogP) is 2.29. The Balaban J connectivity index is 2.12. The average molecular weight is 225 g/mol. The zero-order valence-electron chi connectivity index (χ0n) is 9.54. The van der Waals surface area contributed by atoms with Gasteiger partial charge >= 0.3 is 0 Å². The summed E-state index contributed by atoms with van der Waals surface area (Å²) in [6.45, 7) is 0.615. The lowest BCUT2D eigenvalue weighted by Gasteiger charge is -2.48. The molecule has 1 unspecified atom stereocenters. The third-order valence-electron chi connectivity index (χ3n) is 3.42. The van der Waals surface area contributed by atoms with Gasteiger partial charge in [-0.3, -0.25) is 0 Å². The molecule has 1 heterocycles. The molecule has 0 amide bonds. The Morgan fingerprint density at radius 2 is 1.35 bits per heavy atom. The first-order valence-corrected chi connectivity index (χ1v) is 5.84. The second-order valence-electron chi connectivity index (χ2n) is 4.39. The second-order valence-corrected chi connectivity index (χ2v) is 4.39. The van der Waals surface area contributed by atoms with E-state index in [9.17, 15) is 0 Å². The molecule has 1 saturated heterocycles. The van der Waals surface area contributed by atoms with E-state index in [1.165, 1.54) is 0 Å². The van der Waals surface area contributed by atoms with Crippen LogP contribution in [0.1, 0.15) is 11.1 Å². The Bertz CT molecular complexity index is 455. The van der Waals surface area contributed by atoms with Gasteiger partial charge in [0.15, 0.2) is 0 Å². The van der Waals surface area contributed by atoms with Crippen LogP contribution in [0.3, 0.4) is 0 Å². The highest BCUT2D eigenvalue weighted by Gasteiger charge is 2.49. The fourth-order valence-electron chi connectivity index (χ4n) is 2.48. The molecular weight excluding hydrogens is 210 g/mol. The van der Waals surface area contributed by atoms with Gasteiger partial charge in [-0.1, -0.05) is 60.7 Å². The summed E-state index contributed by atoms with van der Waals surface area (Å²) < 4.78 is 5.88. The minimum Gasteiger partial charge on any atom is -0.362 e. The normalized spacial score (nSPS) is 21.8. The third kappa shape index (κ3) is 1.49. The molecule has 0 saturated carbocycles. The third-order valence-corrected chi connectivity index (χ3v) is 3.42. The fraction of sp³-hybridized carbons (Fsp3) is 0.200. The maximum absolute atomic E-state index is 6.20. The minimum atomic E-state index is -0.456. The molecule has 2 aromatic carbocycles. The van der Waals surface area contributed by atoms with Gasteiger partial charge in [-0.25, -0.2) is 0 Å². The van der Waals surface area contributed by atoms with Crippen LogP contribution in [0.2, 0.25) is 0 Å². The summed E-state index contributed by atoms with van der Waals surface area (Å²) in [6.07, 6.45) is 0. The predicted molar refractivity (Wildman–Crippen MR) is 67.6 cm³/mol. The number of hydrogen-bond donors (Lipinski definition) is 1. The largest absolute Gasteiger partial charge is 0.362 e. The number of benzene rings is 2. The van der Waals surface area contributed by atoms with E-state index in [4.69, 9.17) is 10.5 Å². The van der Waals surface area contributed by atoms with Gasteiger partial charge < -0.3 is 10.5 Å². The highest BCUT2D eigenvalue weighted by atomic mass is 16.5. The maximum atomic E-state index is 6.20. The van der Waals surface area contributed by atoms with E-state index in [1.54, 1.807) is 0 Å². The standard InChI is InChI=1S/C15H15NO/c16-14-11-17-15(14,12-7-3-1-4-8-12)13-9-5-2-6-10-13/h1-10,14H,11,16H2. The van der Waals surface area contributed by atoms with Crippen molar-refractivity contribution in [2.24, 2.45) is 5.73 Å². The molecule has 0 spiro atoms. The Labute approximate surface area is 101 Å². The minimum absolute atomic E-state index is 0.0206. The van der Waals surface area contributed by atoms with Gasteiger partial charge in [0.05, 0.1) is 12.6 Å². The molecule has 2 aromatic rings. The molecule has 0 aliphatic carbocycles. The summed E-state index contributed by atoms with van der Waals surface area (Å²) in [5.74, 6) is 0. The van der Waals surface area contributed by atoms with E-state index in [0.29, 0.717) is 6.61 Å². The fourth-order valence-corrected chi connectivity index (χ4v) is 2.48. The van der Waals surface area contributed by atoms with Gasteiger partial charge in [-0.2, -0.15) is 0 Å². The summed E-state index contributed by atoms with van der Waals surface area (Å²) in [7, 11) is 0. The molecule has 0 radical (unpaired) electrons. The van der Waals surface area contributed by atoms with Gasteiger partial charge in [0.25, 0.3) is 0 Å². The molecule has 1 aliphatic rings. The maximum Gasteiger partial charge on any atom is 0.135 e. The number of ether oxygens (including phenoxy) is 1. The van der Waals surface area contributed by atoms with Crippen LogP contribution in [0.4, 0.5) is 0 Å². The molecule has 0 aromatic heterocycles. The van der Waals surface area contributed by atoms with Crippen LogP contribution in [0.25, 0.3) is 0 Å². The lowest BCUT2D eigenvalue weighted by molar-refractivity contribution is -0.144. The molecule has 1 atom stereocenters. The summed E-state index contributed by atoms with van der Waals surface area (Å²) in [5, 5.41) is 0. The molecule has 1 aliphatic heterocycles. The summed E-state index contributed by atoms with van der Waals surface area (Å²) in [4.78, 5) is 0. The quantitative estimate of drug-likeness (QED) is 0.851.